The van der Waals surface area contributed by atoms with Crippen molar-refractivity contribution in [3.63, 3.8) is 0 Å². The van der Waals surface area contributed by atoms with Crippen molar-refractivity contribution in [1.82, 2.24) is 4.90 Å². The quantitative estimate of drug-likeness (QED) is 0.874. The smallest absolute Gasteiger partial charge is 0.422 e. The lowest BCUT2D eigenvalue weighted by Crippen LogP contribution is -2.33. The highest BCUT2D eigenvalue weighted by Gasteiger charge is 2.29. The number of carbonyl (C=O) groups excluding carboxylic acids is 1. The summed E-state index contributed by atoms with van der Waals surface area (Å²) in [6.07, 6.45) is -4.49. The fourth-order valence-corrected chi connectivity index (χ4v) is 1.52. The van der Waals surface area contributed by atoms with Crippen LogP contribution in [0, 0.1) is 0 Å². The maximum atomic E-state index is 12.2. The van der Waals surface area contributed by atoms with Gasteiger partial charge in [-0.05, 0) is 18.2 Å². The fourth-order valence-electron chi connectivity index (χ4n) is 1.35. The molecule has 1 aromatic rings. The van der Waals surface area contributed by atoms with Crippen LogP contribution in [0.3, 0.4) is 0 Å². The van der Waals surface area contributed by atoms with Crippen molar-refractivity contribution in [3.05, 3.63) is 23.2 Å². The molecule has 9 heteroatoms. The van der Waals surface area contributed by atoms with Gasteiger partial charge in [0.05, 0.1) is 12.3 Å². The van der Waals surface area contributed by atoms with E-state index in [1.165, 1.54) is 25.2 Å². The SMILES string of the molecule is CN(CCO)C(=O)Nc1cc(Cl)ccc1OCC(F)(F)F. The standard InChI is InChI=1S/C12H14ClF3N2O3/c1-18(4-5-19)11(20)17-9-6-8(13)2-3-10(9)21-7-12(14,15)16/h2-3,6,19H,4-5,7H2,1H3,(H,17,20). The summed E-state index contributed by atoms with van der Waals surface area (Å²) in [5.74, 6) is -0.150. The summed E-state index contributed by atoms with van der Waals surface area (Å²) >= 11 is 5.75. The highest BCUT2D eigenvalue weighted by molar-refractivity contribution is 6.31. The van der Waals surface area contributed by atoms with E-state index in [4.69, 9.17) is 16.7 Å². The second-order valence-electron chi connectivity index (χ2n) is 4.12. The molecule has 0 bridgehead atoms. The molecule has 0 unspecified atom stereocenters. The molecule has 0 aromatic heterocycles. The molecule has 0 aliphatic heterocycles. The van der Waals surface area contributed by atoms with Crippen LogP contribution in [0.5, 0.6) is 5.75 Å². The van der Waals surface area contributed by atoms with E-state index < -0.39 is 18.8 Å². The second-order valence-corrected chi connectivity index (χ2v) is 4.56. The highest BCUT2D eigenvalue weighted by Crippen LogP contribution is 2.29. The predicted octanol–water partition coefficient (Wildman–Crippen LogP) is 2.74. The van der Waals surface area contributed by atoms with Gasteiger partial charge in [-0.3, -0.25) is 0 Å². The lowest BCUT2D eigenvalue weighted by molar-refractivity contribution is -0.153. The second kappa shape index (κ2) is 7.37. The molecular weight excluding hydrogens is 313 g/mol. The Bertz CT molecular complexity index is 497. The van der Waals surface area contributed by atoms with Crippen LogP contribution < -0.4 is 10.1 Å². The average molecular weight is 327 g/mol. The Kier molecular flexibility index (Phi) is 6.10. The van der Waals surface area contributed by atoms with Gasteiger partial charge in [-0.2, -0.15) is 13.2 Å². The molecule has 0 aliphatic carbocycles. The van der Waals surface area contributed by atoms with Crippen molar-refractivity contribution in [2.75, 3.05) is 32.1 Å². The average Bonchev–Trinajstić information content (AvgIpc) is 2.37. The van der Waals surface area contributed by atoms with Crippen LogP contribution in [-0.4, -0.2) is 49.0 Å². The van der Waals surface area contributed by atoms with Gasteiger partial charge in [0.25, 0.3) is 0 Å². The number of anilines is 1. The first kappa shape index (κ1) is 17.4. The largest absolute Gasteiger partial charge is 0.482 e. The Hall–Kier alpha value is -1.67. The zero-order valence-corrected chi connectivity index (χ0v) is 11.8. The van der Waals surface area contributed by atoms with Crippen molar-refractivity contribution in [3.8, 4) is 5.75 Å². The number of halogens is 4. The van der Waals surface area contributed by atoms with Gasteiger partial charge in [0.1, 0.15) is 5.75 Å². The number of urea groups is 1. The Morgan fingerprint density at radius 2 is 2.14 bits per heavy atom. The van der Waals surface area contributed by atoms with Crippen LogP contribution in [0.1, 0.15) is 0 Å². The number of aliphatic hydroxyl groups excluding tert-OH is 1. The van der Waals surface area contributed by atoms with Gasteiger partial charge in [0, 0.05) is 18.6 Å². The Morgan fingerprint density at radius 3 is 2.71 bits per heavy atom. The van der Waals surface area contributed by atoms with E-state index >= 15 is 0 Å². The monoisotopic (exact) mass is 326 g/mol. The molecule has 118 valence electrons. The summed E-state index contributed by atoms with van der Waals surface area (Å²) < 4.78 is 41.1. The number of ether oxygens (including phenoxy) is 1. The fraction of sp³-hybridized carbons (Fsp3) is 0.417. The number of hydrogen-bond donors (Lipinski definition) is 2. The number of nitrogens with zero attached hydrogens (tertiary/aromatic N) is 1. The lowest BCUT2D eigenvalue weighted by atomic mass is 10.3. The molecule has 0 atom stereocenters. The third kappa shape index (κ3) is 6.09. The molecule has 2 amide bonds. The number of aliphatic hydroxyl groups is 1. The number of amides is 2. The predicted molar refractivity (Wildman–Crippen MR) is 71.7 cm³/mol. The third-order valence-corrected chi connectivity index (χ3v) is 2.59. The molecule has 0 saturated heterocycles. The van der Waals surface area contributed by atoms with Crippen molar-refractivity contribution in [2.24, 2.45) is 0 Å². The molecular formula is C12H14ClF3N2O3. The van der Waals surface area contributed by atoms with Crippen LogP contribution in [0.4, 0.5) is 23.7 Å². The topological polar surface area (TPSA) is 61.8 Å². The molecule has 0 aliphatic rings. The van der Waals surface area contributed by atoms with Gasteiger partial charge < -0.3 is 20.1 Å². The number of alkyl halides is 3. The van der Waals surface area contributed by atoms with Crippen molar-refractivity contribution >= 4 is 23.3 Å². The van der Waals surface area contributed by atoms with E-state index in [9.17, 15) is 18.0 Å². The van der Waals surface area contributed by atoms with Gasteiger partial charge in [0.2, 0.25) is 0 Å². The van der Waals surface area contributed by atoms with Gasteiger partial charge in [-0.25, -0.2) is 4.79 Å². The first-order valence-corrected chi connectivity index (χ1v) is 6.23. The van der Waals surface area contributed by atoms with E-state index in [2.05, 4.69) is 10.1 Å². The zero-order valence-electron chi connectivity index (χ0n) is 11.1. The molecule has 0 saturated carbocycles. The minimum atomic E-state index is -4.49. The molecule has 1 rings (SSSR count). The Balaban J connectivity index is 2.84. The maximum Gasteiger partial charge on any atom is 0.422 e. The van der Waals surface area contributed by atoms with Crippen molar-refractivity contribution < 1.29 is 27.8 Å². The lowest BCUT2D eigenvalue weighted by Gasteiger charge is -2.19. The van der Waals surface area contributed by atoms with Gasteiger partial charge >= 0.3 is 12.2 Å². The summed E-state index contributed by atoms with van der Waals surface area (Å²) in [4.78, 5) is 12.9. The Morgan fingerprint density at radius 1 is 1.48 bits per heavy atom. The van der Waals surface area contributed by atoms with E-state index in [-0.39, 0.29) is 29.6 Å². The minimum Gasteiger partial charge on any atom is -0.482 e. The van der Waals surface area contributed by atoms with Crippen LogP contribution in [0.15, 0.2) is 18.2 Å². The first-order chi connectivity index (χ1) is 9.73. The molecule has 0 spiro atoms. The molecule has 21 heavy (non-hydrogen) atoms. The molecule has 0 fully saturated rings. The number of rotatable bonds is 5. The third-order valence-electron chi connectivity index (χ3n) is 2.36. The molecule has 2 N–H and O–H groups in total. The first-order valence-electron chi connectivity index (χ1n) is 5.85. The number of likely N-dealkylation sites (N-methyl/N-ethyl adjacent to an activating group) is 1. The zero-order chi connectivity index (χ0) is 16.0. The maximum absolute atomic E-state index is 12.2. The Labute approximate surface area is 124 Å². The summed E-state index contributed by atoms with van der Waals surface area (Å²) in [6, 6.07) is 3.25. The van der Waals surface area contributed by atoms with Gasteiger partial charge in [-0.15, -0.1) is 0 Å². The molecule has 0 radical (unpaired) electrons. The van der Waals surface area contributed by atoms with Crippen LogP contribution in [-0.2, 0) is 0 Å². The molecule has 0 heterocycles. The number of carbonyl (C=O) groups is 1. The highest BCUT2D eigenvalue weighted by atomic mass is 35.5. The van der Waals surface area contributed by atoms with E-state index in [0.717, 1.165) is 4.90 Å². The van der Waals surface area contributed by atoms with Crippen LogP contribution in [0.25, 0.3) is 0 Å². The number of benzene rings is 1. The normalized spacial score (nSPS) is 11.1. The van der Waals surface area contributed by atoms with Crippen molar-refractivity contribution in [2.45, 2.75) is 6.18 Å². The summed E-state index contributed by atoms with van der Waals surface area (Å²) in [7, 11) is 1.42. The van der Waals surface area contributed by atoms with Crippen LogP contribution >= 0.6 is 11.6 Å². The minimum absolute atomic E-state index is 0.0153. The van der Waals surface area contributed by atoms with Gasteiger partial charge in [0.15, 0.2) is 6.61 Å². The summed E-state index contributed by atoms with van der Waals surface area (Å²) in [5.41, 5.74) is 0.0153. The van der Waals surface area contributed by atoms with E-state index in [1.54, 1.807) is 0 Å². The summed E-state index contributed by atoms with van der Waals surface area (Å²) in [6.45, 7) is -1.65. The molecule has 5 nitrogen and oxygen atoms in total. The van der Waals surface area contributed by atoms with Gasteiger partial charge in [-0.1, -0.05) is 11.6 Å². The van der Waals surface area contributed by atoms with E-state index in [0.29, 0.717) is 0 Å². The summed E-state index contributed by atoms with van der Waals surface area (Å²) in [5, 5.41) is 11.3. The molecule has 1 aromatic carbocycles. The number of nitrogens with one attached hydrogen (secondary N) is 1. The number of hydrogen-bond acceptors (Lipinski definition) is 3. The van der Waals surface area contributed by atoms with Crippen molar-refractivity contribution in [1.29, 1.82) is 0 Å². The van der Waals surface area contributed by atoms with Crippen LogP contribution in [0.2, 0.25) is 5.02 Å². The van der Waals surface area contributed by atoms with E-state index in [1.807, 2.05) is 0 Å².